The predicted octanol–water partition coefficient (Wildman–Crippen LogP) is 1.41. The summed E-state index contributed by atoms with van der Waals surface area (Å²) in [6.07, 6.45) is 0.863. The number of anilines is 1. The van der Waals surface area contributed by atoms with Gasteiger partial charge in [0.05, 0.1) is 6.04 Å². The molecule has 0 saturated carbocycles. The van der Waals surface area contributed by atoms with Gasteiger partial charge in [-0.15, -0.1) is 0 Å². The first kappa shape index (κ1) is 10.9. The maximum atomic E-state index is 13.0. The molecule has 1 aromatic rings. The molecule has 1 aromatic carbocycles. The lowest BCUT2D eigenvalue weighted by atomic mass is 10.1. The lowest BCUT2D eigenvalue weighted by Gasteiger charge is -2.43. The number of halogens is 1. The van der Waals surface area contributed by atoms with E-state index >= 15 is 0 Å². The third kappa shape index (κ3) is 1.87. The average molecular weight is 222 g/mol. The molecule has 0 atom stereocenters. The highest BCUT2D eigenvalue weighted by Gasteiger charge is 2.29. The third-order valence-corrected chi connectivity index (χ3v) is 3.13. The zero-order valence-corrected chi connectivity index (χ0v) is 9.48. The van der Waals surface area contributed by atoms with E-state index in [1.165, 1.54) is 12.1 Å². The second kappa shape index (κ2) is 4.12. The van der Waals surface area contributed by atoms with Crippen LogP contribution in [0.15, 0.2) is 18.2 Å². The minimum Gasteiger partial charge on any atom is -0.368 e. The molecule has 2 rings (SSSR count). The minimum absolute atomic E-state index is 0.210. The number of nitrogens with zero attached hydrogens (tertiary/aromatic N) is 2. The van der Waals surface area contributed by atoms with Crippen molar-refractivity contribution in [1.29, 1.82) is 0 Å². The molecule has 1 heterocycles. The summed E-state index contributed by atoms with van der Waals surface area (Å²) < 4.78 is 13.0. The highest BCUT2D eigenvalue weighted by molar-refractivity contribution is 5.56. The lowest BCUT2D eigenvalue weighted by molar-refractivity contribution is -0.121. The van der Waals surface area contributed by atoms with Gasteiger partial charge in [-0.05, 0) is 30.7 Å². The van der Waals surface area contributed by atoms with Gasteiger partial charge in [0.25, 0.3) is 0 Å². The Balaban J connectivity index is 2.09. The quantitative estimate of drug-likeness (QED) is 0.722. The van der Waals surface area contributed by atoms with Gasteiger partial charge in [0.2, 0.25) is 6.41 Å². The monoisotopic (exact) mass is 222 g/mol. The first-order valence-corrected chi connectivity index (χ1v) is 5.30. The molecule has 0 N–H and O–H groups in total. The summed E-state index contributed by atoms with van der Waals surface area (Å²) in [5.74, 6) is -0.210. The summed E-state index contributed by atoms with van der Waals surface area (Å²) >= 11 is 0. The maximum absolute atomic E-state index is 13.0. The van der Waals surface area contributed by atoms with Crippen LogP contribution in [0.2, 0.25) is 0 Å². The van der Waals surface area contributed by atoms with Gasteiger partial charge in [-0.3, -0.25) is 4.79 Å². The molecular weight excluding hydrogens is 207 g/mol. The predicted molar refractivity (Wildman–Crippen MR) is 61.0 cm³/mol. The number of aryl methyl sites for hydroxylation is 1. The number of amides is 1. The fraction of sp³-hybridized carbons (Fsp3) is 0.417. The molecule has 0 unspecified atom stereocenters. The molecule has 1 aliphatic rings. The van der Waals surface area contributed by atoms with Crippen LogP contribution in [-0.4, -0.2) is 37.5 Å². The maximum Gasteiger partial charge on any atom is 0.209 e. The van der Waals surface area contributed by atoms with Crippen molar-refractivity contribution in [2.75, 3.05) is 25.0 Å². The van der Waals surface area contributed by atoms with Crippen molar-refractivity contribution in [3.8, 4) is 0 Å². The number of carbonyl (C=O) groups is 1. The van der Waals surface area contributed by atoms with Crippen LogP contribution >= 0.6 is 0 Å². The third-order valence-electron chi connectivity index (χ3n) is 3.13. The SMILES string of the molecule is Cc1cc(F)ccc1N(C)C1CN(C=O)C1. The van der Waals surface area contributed by atoms with Crippen LogP contribution in [0.1, 0.15) is 5.56 Å². The van der Waals surface area contributed by atoms with E-state index in [-0.39, 0.29) is 5.82 Å². The molecule has 3 nitrogen and oxygen atoms in total. The topological polar surface area (TPSA) is 23.6 Å². The zero-order valence-electron chi connectivity index (χ0n) is 9.48. The van der Waals surface area contributed by atoms with Crippen molar-refractivity contribution in [2.45, 2.75) is 13.0 Å². The normalized spacial score (nSPS) is 15.8. The first-order chi connectivity index (χ1) is 7.61. The number of hydrogen-bond donors (Lipinski definition) is 0. The number of hydrogen-bond acceptors (Lipinski definition) is 2. The van der Waals surface area contributed by atoms with Gasteiger partial charge < -0.3 is 9.80 Å². The fourth-order valence-electron chi connectivity index (χ4n) is 2.03. The van der Waals surface area contributed by atoms with Gasteiger partial charge in [-0.1, -0.05) is 0 Å². The van der Waals surface area contributed by atoms with Crippen LogP contribution < -0.4 is 4.90 Å². The summed E-state index contributed by atoms with van der Waals surface area (Å²) in [5.41, 5.74) is 1.95. The Kier molecular flexibility index (Phi) is 2.81. The van der Waals surface area contributed by atoms with Gasteiger partial charge >= 0.3 is 0 Å². The second-order valence-electron chi connectivity index (χ2n) is 4.25. The van der Waals surface area contributed by atoms with Crippen molar-refractivity contribution in [3.05, 3.63) is 29.6 Å². The molecule has 1 amide bonds. The Morgan fingerprint density at radius 3 is 2.75 bits per heavy atom. The molecule has 1 aliphatic heterocycles. The zero-order chi connectivity index (χ0) is 11.7. The van der Waals surface area contributed by atoms with Gasteiger partial charge in [-0.2, -0.15) is 0 Å². The van der Waals surface area contributed by atoms with Crippen molar-refractivity contribution >= 4 is 12.1 Å². The number of likely N-dealkylation sites (N-methyl/N-ethyl adjacent to an activating group) is 1. The van der Waals surface area contributed by atoms with Crippen LogP contribution in [0.5, 0.6) is 0 Å². The van der Waals surface area contributed by atoms with E-state index in [4.69, 9.17) is 0 Å². The fourth-order valence-corrected chi connectivity index (χ4v) is 2.03. The molecule has 0 aliphatic carbocycles. The molecule has 0 bridgehead atoms. The van der Waals surface area contributed by atoms with Gasteiger partial charge in [0.15, 0.2) is 0 Å². The van der Waals surface area contributed by atoms with Gasteiger partial charge in [-0.25, -0.2) is 4.39 Å². The van der Waals surface area contributed by atoms with Crippen molar-refractivity contribution < 1.29 is 9.18 Å². The summed E-state index contributed by atoms with van der Waals surface area (Å²) in [5, 5.41) is 0. The van der Waals surface area contributed by atoms with Crippen molar-refractivity contribution in [1.82, 2.24) is 4.90 Å². The second-order valence-corrected chi connectivity index (χ2v) is 4.25. The summed E-state index contributed by atoms with van der Waals surface area (Å²) in [4.78, 5) is 14.3. The molecule has 16 heavy (non-hydrogen) atoms. The summed E-state index contributed by atoms with van der Waals surface area (Å²) in [6, 6.07) is 5.12. The first-order valence-electron chi connectivity index (χ1n) is 5.30. The number of carbonyl (C=O) groups excluding carboxylic acids is 1. The highest BCUT2D eigenvalue weighted by Crippen LogP contribution is 2.24. The molecule has 0 spiro atoms. The molecule has 4 heteroatoms. The summed E-state index contributed by atoms with van der Waals surface area (Å²) in [6.45, 7) is 3.39. The van der Waals surface area contributed by atoms with E-state index in [1.807, 2.05) is 14.0 Å². The molecular formula is C12H15FN2O. The van der Waals surface area contributed by atoms with Gasteiger partial charge in [0.1, 0.15) is 5.82 Å². The Morgan fingerprint density at radius 1 is 1.50 bits per heavy atom. The van der Waals surface area contributed by atoms with Gasteiger partial charge in [0, 0.05) is 25.8 Å². The van der Waals surface area contributed by atoms with E-state index in [2.05, 4.69) is 4.90 Å². The minimum atomic E-state index is -0.210. The Labute approximate surface area is 94.5 Å². The van der Waals surface area contributed by atoms with Crippen molar-refractivity contribution in [3.63, 3.8) is 0 Å². The Bertz CT molecular complexity index is 402. The van der Waals surface area contributed by atoms with E-state index in [0.29, 0.717) is 6.04 Å². The molecule has 0 aromatic heterocycles. The summed E-state index contributed by atoms with van der Waals surface area (Å²) in [7, 11) is 1.98. The van der Waals surface area contributed by atoms with Crippen LogP contribution in [-0.2, 0) is 4.79 Å². The lowest BCUT2D eigenvalue weighted by Crippen LogP contribution is -2.58. The van der Waals surface area contributed by atoms with E-state index in [9.17, 15) is 9.18 Å². The van der Waals surface area contributed by atoms with Crippen LogP contribution in [0, 0.1) is 12.7 Å². The Hall–Kier alpha value is -1.58. The standard InChI is InChI=1S/C12H15FN2O/c1-9-5-10(13)3-4-12(9)14(2)11-6-15(7-11)8-16/h3-5,8,11H,6-7H2,1-2H3. The largest absolute Gasteiger partial charge is 0.368 e. The Morgan fingerprint density at radius 2 is 2.19 bits per heavy atom. The van der Waals surface area contributed by atoms with E-state index < -0.39 is 0 Å². The highest BCUT2D eigenvalue weighted by atomic mass is 19.1. The van der Waals surface area contributed by atoms with E-state index in [0.717, 1.165) is 30.8 Å². The van der Waals surface area contributed by atoms with Crippen molar-refractivity contribution in [2.24, 2.45) is 0 Å². The number of likely N-dealkylation sites (tertiary alicyclic amines) is 1. The molecule has 0 radical (unpaired) electrons. The smallest absolute Gasteiger partial charge is 0.209 e. The number of benzene rings is 1. The molecule has 86 valence electrons. The van der Waals surface area contributed by atoms with Crippen LogP contribution in [0.25, 0.3) is 0 Å². The van der Waals surface area contributed by atoms with E-state index in [1.54, 1.807) is 11.0 Å². The van der Waals surface area contributed by atoms with Crippen LogP contribution in [0.4, 0.5) is 10.1 Å². The van der Waals surface area contributed by atoms with Crippen LogP contribution in [0.3, 0.4) is 0 Å². The molecule has 1 saturated heterocycles. The number of rotatable bonds is 3. The molecule has 1 fully saturated rings. The average Bonchev–Trinajstić information content (AvgIpc) is 2.15.